The van der Waals surface area contributed by atoms with Crippen LogP contribution in [-0.2, 0) is 4.74 Å². The number of hydrogen-bond acceptors (Lipinski definition) is 6. The van der Waals surface area contributed by atoms with Crippen LogP contribution < -0.4 is 10.6 Å². The van der Waals surface area contributed by atoms with Crippen LogP contribution in [0, 0.1) is 0 Å². The number of carbonyl (C=O) groups excluding carboxylic acids is 1. The smallest absolute Gasteiger partial charge is 0.337 e. The maximum Gasteiger partial charge on any atom is 0.337 e. The third-order valence-electron chi connectivity index (χ3n) is 3.39. The second-order valence-corrected chi connectivity index (χ2v) is 6.06. The van der Waals surface area contributed by atoms with E-state index in [-0.39, 0.29) is 0 Å². The zero-order chi connectivity index (χ0) is 18.5. The lowest BCUT2D eigenvalue weighted by Crippen LogP contribution is -2.03. The molecule has 0 aliphatic carbocycles. The Bertz CT molecular complexity index is 950. The SMILES string of the molecule is COC(=O)c1cccc(Nc2ccnc(Nc3cc(Cl)ccc3Cl)n2)c1. The molecule has 132 valence electrons. The van der Waals surface area contributed by atoms with Crippen molar-refractivity contribution in [2.45, 2.75) is 0 Å². The van der Waals surface area contributed by atoms with E-state index in [9.17, 15) is 4.79 Å². The molecule has 0 saturated heterocycles. The summed E-state index contributed by atoms with van der Waals surface area (Å²) in [6.45, 7) is 0. The highest BCUT2D eigenvalue weighted by molar-refractivity contribution is 6.35. The average Bonchev–Trinajstić information content (AvgIpc) is 2.64. The van der Waals surface area contributed by atoms with Crippen molar-refractivity contribution in [1.29, 1.82) is 0 Å². The van der Waals surface area contributed by atoms with Gasteiger partial charge in [0.25, 0.3) is 0 Å². The molecule has 0 bridgehead atoms. The zero-order valence-electron chi connectivity index (χ0n) is 13.7. The zero-order valence-corrected chi connectivity index (χ0v) is 15.2. The second kappa shape index (κ2) is 8.03. The normalized spacial score (nSPS) is 10.3. The summed E-state index contributed by atoms with van der Waals surface area (Å²) in [5.74, 6) is 0.486. The van der Waals surface area contributed by atoms with Crippen molar-refractivity contribution in [3.8, 4) is 0 Å². The minimum absolute atomic E-state index is 0.350. The van der Waals surface area contributed by atoms with E-state index >= 15 is 0 Å². The first-order valence-electron chi connectivity index (χ1n) is 7.55. The molecule has 26 heavy (non-hydrogen) atoms. The fourth-order valence-corrected chi connectivity index (χ4v) is 2.53. The molecule has 3 rings (SSSR count). The fourth-order valence-electron chi connectivity index (χ4n) is 2.19. The number of nitrogens with zero attached hydrogens (tertiary/aromatic N) is 2. The van der Waals surface area contributed by atoms with Gasteiger partial charge >= 0.3 is 5.97 Å². The van der Waals surface area contributed by atoms with E-state index in [1.807, 2.05) is 6.07 Å². The molecule has 6 nitrogen and oxygen atoms in total. The Hall–Kier alpha value is -2.83. The maximum absolute atomic E-state index is 11.6. The average molecular weight is 389 g/mol. The van der Waals surface area contributed by atoms with Crippen LogP contribution in [0.2, 0.25) is 10.0 Å². The third-order valence-corrected chi connectivity index (χ3v) is 3.95. The molecule has 0 aliphatic rings. The van der Waals surface area contributed by atoms with Crippen molar-refractivity contribution in [2.75, 3.05) is 17.7 Å². The van der Waals surface area contributed by atoms with Crippen LogP contribution in [0.25, 0.3) is 0 Å². The molecule has 0 aliphatic heterocycles. The number of methoxy groups -OCH3 is 1. The Labute approximate surface area is 160 Å². The van der Waals surface area contributed by atoms with E-state index in [4.69, 9.17) is 27.9 Å². The predicted octanol–water partition coefficient (Wildman–Crippen LogP) is 5.06. The minimum atomic E-state index is -0.408. The number of anilines is 4. The van der Waals surface area contributed by atoms with Gasteiger partial charge in [-0.25, -0.2) is 9.78 Å². The van der Waals surface area contributed by atoms with Crippen molar-refractivity contribution in [2.24, 2.45) is 0 Å². The van der Waals surface area contributed by atoms with Gasteiger partial charge < -0.3 is 15.4 Å². The van der Waals surface area contributed by atoms with E-state index in [0.29, 0.717) is 38.7 Å². The molecule has 0 unspecified atom stereocenters. The van der Waals surface area contributed by atoms with Crippen LogP contribution in [0.4, 0.5) is 23.1 Å². The fraction of sp³-hybridized carbons (Fsp3) is 0.0556. The standard InChI is InChI=1S/C18H14Cl2N4O2/c1-26-17(25)11-3-2-4-13(9-11)22-16-7-8-21-18(24-16)23-15-10-12(19)5-6-14(15)20/h2-10H,1H3,(H2,21,22,23,24). The van der Waals surface area contributed by atoms with Gasteiger partial charge in [0.1, 0.15) is 5.82 Å². The van der Waals surface area contributed by atoms with Crippen LogP contribution in [-0.4, -0.2) is 23.0 Å². The number of nitrogens with one attached hydrogen (secondary N) is 2. The number of hydrogen-bond donors (Lipinski definition) is 2. The molecule has 1 aromatic heterocycles. The van der Waals surface area contributed by atoms with E-state index < -0.39 is 5.97 Å². The van der Waals surface area contributed by atoms with Gasteiger partial charge in [0, 0.05) is 16.9 Å². The van der Waals surface area contributed by atoms with E-state index in [2.05, 4.69) is 20.6 Å². The predicted molar refractivity (Wildman–Crippen MR) is 103 cm³/mol. The van der Waals surface area contributed by atoms with Gasteiger partial charge in [0.05, 0.1) is 23.4 Å². The van der Waals surface area contributed by atoms with Gasteiger partial charge in [-0.2, -0.15) is 4.98 Å². The van der Waals surface area contributed by atoms with E-state index in [1.165, 1.54) is 7.11 Å². The third kappa shape index (κ3) is 4.41. The maximum atomic E-state index is 11.6. The van der Waals surface area contributed by atoms with Crippen LogP contribution in [0.1, 0.15) is 10.4 Å². The van der Waals surface area contributed by atoms with Crippen molar-refractivity contribution in [3.63, 3.8) is 0 Å². The minimum Gasteiger partial charge on any atom is -0.465 e. The molecular weight excluding hydrogens is 375 g/mol. The molecule has 3 aromatic rings. The van der Waals surface area contributed by atoms with Crippen molar-refractivity contribution in [3.05, 3.63) is 70.3 Å². The summed E-state index contributed by atoms with van der Waals surface area (Å²) in [7, 11) is 1.34. The second-order valence-electron chi connectivity index (χ2n) is 5.21. The van der Waals surface area contributed by atoms with Gasteiger partial charge in [-0.1, -0.05) is 29.3 Å². The first kappa shape index (κ1) is 18.0. The molecule has 8 heteroatoms. The summed E-state index contributed by atoms with van der Waals surface area (Å²) in [4.78, 5) is 20.2. The molecule has 2 N–H and O–H groups in total. The molecule has 0 fully saturated rings. The molecule has 2 aromatic carbocycles. The Morgan fingerprint density at radius 3 is 2.73 bits per heavy atom. The van der Waals surface area contributed by atoms with Crippen LogP contribution in [0.5, 0.6) is 0 Å². The van der Waals surface area contributed by atoms with Gasteiger partial charge in [-0.05, 0) is 42.5 Å². The van der Waals surface area contributed by atoms with Crippen LogP contribution >= 0.6 is 23.2 Å². The number of carbonyl (C=O) groups is 1. The van der Waals surface area contributed by atoms with Gasteiger partial charge in [0.2, 0.25) is 5.95 Å². The van der Waals surface area contributed by atoms with Crippen molar-refractivity contribution < 1.29 is 9.53 Å². The highest BCUT2D eigenvalue weighted by atomic mass is 35.5. The lowest BCUT2D eigenvalue weighted by Gasteiger charge is -2.10. The van der Waals surface area contributed by atoms with Crippen LogP contribution in [0.3, 0.4) is 0 Å². The summed E-state index contributed by atoms with van der Waals surface area (Å²) in [6, 6.07) is 13.7. The number of esters is 1. The Morgan fingerprint density at radius 2 is 1.92 bits per heavy atom. The Kier molecular flexibility index (Phi) is 5.55. The summed E-state index contributed by atoms with van der Waals surface area (Å²) >= 11 is 12.1. The number of halogens is 2. The first-order valence-corrected chi connectivity index (χ1v) is 8.31. The molecule has 0 radical (unpaired) electrons. The summed E-state index contributed by atoms with van der Waals surface area (Å²) in [5.41, 5.74) is 1.73. The summed E-state index contributed by atoms with van der Waals surface area (Å²) in [6.07, 6.45) is 1.60. The van der Waals surface area contributed by atoms with Gasteiger partial charge in [-0.3, -0.25) is 0 Å². The molecule has 0 saturated carbocycles. The highest BCUT2D eigenvalue weighted by Gasteiger charge is 2.08. The number of aromatic nitrogens is 2. The van der Waals surface area contributed by atoms with Crippen molar-refractivity contribution in [1.82, 2.24) is 9.97 Å². The number of ether oxygens (including phenoxy) is 1. The molecular formula is C18H14Cl2N4O2. The molecule has 0 atom stereocenters. The quantitative estimate of drug-likeness (QED) is 0.595. The van der Waals surface area contributed by atoms with Crippen LogP contribution in [0.15, 0.2) is 54.7 Å². The Balaban J connectivity index is 1.79. The molecule has 1 heterocycles. The number of benzene rings is 2. The monoisotopic (exact) mass is 388 g/mol. The first-order chi connectivity index (χ1) is 12.5. The van der Waals surface area contributed by atoms with E-state index in [0.717, 1.165) is 0 Å². The van der Waals surface area contributed by atoms with E-state index in [1.54, 1.807) is 48.7 Å². The lowest BCUT2D eigenvalue weighted by molar-refractivity contribution is 0.0601. The summed E-state index contributed by atoms with van der Waals surface area (Å²) < 4.78 is 4.72. The summed E-state index contributed by atoms with van der Waals surface area (Å²) in [5, 5.41) is 7.19. The topological polar surface area (TPSA) is 76.1 Å². The van der Waals surface area contributed by atoms with Gasteiger partial charge in [0.15, 0.2) is 0 Å². The van der Waals surface area contributed by atoms with Gasteiger partial charge in [-0.15, -0.1) is 0 Å². The van der Waals surface area contributed by atoms with Crippen molar-refractivity contribution >= 4 is 52.3 Å². The Morgan fingerprint density at radius 1 is 1.08 bits per heavy atom. The molecule has 0 amide bonds. The number of rotatable bonds is 5. The highest BCUT2D eigenvalue weighted by Crippen LogP contribution is 2.27. The largest absolute Gasteiger partial charge is 0.465 e. The lowest BCUT2D eigenvalue weighted by atomic mass is 10.2. The molecule has 0 spiro atoms.